The normalized spacial score (nSPS) is 19.4. The first-order valence-electron chi connectivity index (χ1n) is 5.72. The van der Waals surface area contributed by atoms with Gasteiger partial charge < -0.3 is 9.88 Å². The van der Waals surface area contributed by atoms with Gasteiger partial charge in [-0.25, -0.2) is 4.98 Å². The number of hydrogen-bond donors (Lipinski definition) is 1. The van der Waals surface area contributed by atoms with Crippen molar-refractivity contribution < 1.29 is 0 Å². The fourth-order valence-electron chi connectivity index (χ4n) is 2.16. The molecule has 1 atom stereocenters. The van der Waals surface area contributed by atoms with Crippen molar-refractivity contribution in [2.45, 2.75) is 24.6 Å². The molecule has 0 aliphatic carbocycles. The largest absolute Gasteiger partial charge is 0.355 e. The minimum atomic E-state index is -0.271. The van der Waals surface area contributed by atoms with Crippen molar-refractivity contribution in [1.82, 2.24) is 9.97 Å². The smallest absolute Gasteiger partial charge is 0.271 e. The lowest BCUT2D eigenvalue weighted by Gasteiger charge is -2.34. The fraction of sp³-hybridized carbons (Fsp3) is 0.636. The monoisotopic (exact) mass is 319 g/mol. The Morgan fingerprint density at radius 1 is 1.59 bits per heavy atom. The summed E-state index contributed by atoms with van der Waals surface area (Å²) in [6, 6.07) is 0. The van der Waals surface area contributed by atoms with Crippen LogP contribution >= 0.6 is 27.5 Å². The summed E-state index contributed by atoms with van der Waals surface area (Å²) >= 11 is 9.59. The molecule has 1 aromatic heterocycles. The number of anilines is 1. The standard InChI is InChI=1S/C11H15BrClN3O/c1-7(12)8-2-4-16(5-3-8)10-9(13)11(17)15-6-14-10/h6-8H,2-5H2,1H3,(H,14,15,17). The van der Waals surface area contributed by atoms with E-state index in [1.54, 1.807) is 0 Å². The summed E-state index contributed by atoms with van der Waals surface area (Å²) in [5.74, 6) is 1.29. The van der Waals surface area contributed by atoms with Crippen LogP contribution in [0, 0.1) is 5.92 Å². The number of aromatic nitrogens is 2. The van der Waals surface area contributed by atoms with Gasteiger partial charge in [0.25, 0.3) is 5.56 Å². The van der Waals surface area contributed by atoms with Crippen molar-refractivity contribution in [2.75, 3.05) is 18.0 Å². The summed E-state index contributed by atoms with van der Waals surface area (Å²) in [6.45, 7) is 3.98. The Morgan fingerprint density at radius 3 is 2.82 bits per heavy atom. The molecule has 1 unspecified atom stereocenters. The van der Waals surface area contributed by atoms with Crippen molar-refractivity contribution >= 4 is 33.3 Å². The van der Waals surface area contributed by atoms with Crippen LogP contribution in [0.15, 0.2) is 11.1 Å². The van der Waals surface area contributed by atoms with Crippen LogP contribution in [0.1, 0.15) is 19.8 Å². The molecule has 0 bridgehead atoms. The quantitative estimate of drug-likeness (QED) is 0.851. The number of nitrogens with zero attached hydrogens (tertiary/aromatic N) is 2. The van der Waals surface area contributed by atoms with E-state index in [0.717, 1.165) is 25.9 Å². The lowest BCUT2D eigenvalue weighted by molar-refractivity contribution is 0.405. The number of H-pyrrole nitrogens is 1. The van der Waals surface area contributed by atoms with Gasteiger partial charge in [-0.3, -0.25) is 4.79 Å². The molecule has 2 rings (SSSR count). The van der Waals surface area contributed by atoms with Gasteiger partial charge in [0.2, 0.25) is 0 Å². The maximum atomic E-state index is 11.4. The average Bonchev–Trinajstić information content (AvgIpc) is 2.33. The van der Waals surface area contributed by atoms with Gasteiger partial charge >= 0.3 is 0 Å². The average molecular weight is 321 g/mol. The van der Waals surface area contributed by atoms with E-state index in [1.807, 2.05) is 0 Å². The fourth-order valence-corrected chi connectivity index (χ4v) is 2.92. The highest BCUT2D eigenvalue weighted by Gasteiger charge is 2.24. The van der Waals surface area contributed by atoms with Crippen LogP contribution in [-0.4, -0.2) is 27.9 Å². The molecule has 1 aromatic rings. The van der Waals surface area contributed by atoms with Gasteiger partial charge in [0, 0.05) is 17.9 Å². The first-order valence-corrected chi connectivity index (χ1v) is 7.01. The SMILES string of the molecule is CC(Br)C1CCN(c2nc[nH]c(=O)c2Cl)CC1. The van der Waals surface area contributed by atoms with Crippen LogP contribution < -0.4 is 10.5 Å². The van der Waals surface area contributed by atoms with Crippen molar-refractivity contribution in [2.24, 2.45) is 5.92 Å². The van der Waals surface area contributed by atoms with Crippen molar-refractivity contribution in [3.63, 3.8) is 0 Å². The molecular weight excluding hydrogens is 305 g/mol. The number of rotatable bonds is 2. The van der Waals surface area contributed by atoms with E-state index in [-0.39, 0.29) is 10.6 Å². The van der Waals surface area contributed by atoms with Crippen LogP contribution in [0.3, 0.4) is 0 Å². The predicted octanol–water partition coefficient (Wildman–Crippen LogP) is 2.42. The number of halogens is 2. The Balaban J connectivity index is 2.11. The number of alkyl halides is 1. The summed E-state index contributed by atoms with van der Waals surface area (Å²) in [6.07, 6.45) is 3.59. The molecule has 2 heterocycles. The Morgan fingerprint density at radius 2 is 2.24 bits per heavy atom. The van der Waals surface area contributed by atoms with Gasteiger partial charge in [-0.15, -0.1) is 0 Å². The van der Waals surface area contributed by atoms with E-state index in [0.29, 0.717) is 16.6 Å². The highest BCUT2D eigenvalue weighted by atomic mass is 79.9. The molecule has 0 saturated carbocycles. The van der Waals surface area contributed by atoms with Crippen LogP contribution in [0.4, 0.5) is 5.82 Å². The maximum absolute atomic E-state index is 11.4. The molecule has 0 aromatic carbocycles. The van der Waals surface area contributed by atoms with Gasteiger partial charge in [-0.2, -0.15) is 0 Å². The second-order valence-electron chi connectivity index (χ2n) is 4.37. The second-order valence-corrected chi connectivity index (χ2v) is 6.19. The van der Waals surface area contributed by atoms with Crippen molar-refractivity contribution in [3.05, 3.63) is 21.7 Å². The van der Waals surface area contributed by atoms with Gasteiger partial charge in [0.1, 0.15) is 5.02 Å². The first-order chi connectivity index (χ1) is 8.09. The minimum Gasteiger partial charge on any atom is -0.355 e. The zero-order valence-corrected chi connectivity index (χ0v) is 12.0. The maximum Gasteiger partial charge on any atom is 0.271 e. The van der Waals surface area contributed by atoms with E-state index in [4.69, 9.17) is 11.6 Å². The Kier molecular flexibility index (Phi) is 4.09. The molecule has 0 amide bonds. The molecule has 17 heavy (non-hydrogen) atoms. The van der Waals surface area contributed by atoms with Crippen LogP contribution in [0.5, 0.6) is 0 Å². The van der Waals surface area contributed by atoms with E-state index in [9.17, 15) is 4.79 Å². The molecule has 4 nitrogen and oxygen atoms in total. The van der Waals surface area contributed by atoms with E-state index < -0.39 is 0 Å². The Labute approximate surface area is 114 Å². The lowest BCUT2D eigenvalue weighted by Crippen LogP contribution is -2.37. The molecule has 0 spiro atoms. The molecular formula is C11H15BrClN3O. The van der Waals surface area contributed by atoms with Crippen molar-refractivity contribution in [1.29, 1.82) is 0 Å². The van der Waals surface area contributed by atoms with Gasteiger partial charge in [0.15, 0.2) is 5.82 Å². The molecule has 1 N–H and O–H groups in total. The van der Waals surface area contributed by atoms with E-state index in [2.05, 4.69) is 37.7 Å². The van der Waals surface area contributed by atoms with Gasteiger partial charge in [0.05, 0.1) is 6.33 Å². The molecule has 1 saturated heterocycles. The number of hydrogen-bond acceptors (Lipinski definition) is 3. The van der Waals surface area contributed by atoms with Crippen LogP contribution in [0.25, 0.3) is 0 Å². The topological polar surface area (TPSA) is 49.0 Å². The lowest BCUT2D eigenvalue weighted by atomic mass is 9.94. The third-order valence-electron chi connectivity index (χ3n) is 3.27. The summed E-state index contributed by atoms with van der Waals surface area (Å²) in [5, 5.41) is 0.192. The van der Waals surface area contributed by atoms with Gasteiger partial charge in [-0.1, -0.05) is 34.5 Å². The molecule has 1 aliphatic rings. The zero-order valence-electron chi connectivity index (χ0n) is 9.62. The highest BCUT2D eigenvalue weighted by Crippen LogP contribution is 2.28. The first kappa shape index (κ1) is 12.9. The molecule has 6 heteroatoms. The number of aromatic amines is 1. The molecule has 94 valence electrons. The summed E-state index contributed by atoms with van der Waals surface area (Å²) in [4.78, 5) is 20.6. The Hall–Kier alpha value is -0.550. The second kappa shape index (κ2) is 5.40. The molecule has 0 radical (unpaired) electrons. The predicted molar refractivity (Wildman–Crippen MR) is 73.2 cm³/mol. The highest BCUT2D eigenvalue weighted by molar-refractivity contribution is 9.09. The molecule has 1 aliphatic heterocycles. The van der Waals surface area contributed by atoms with E-state index >= 15 is 0 Å². The van der Waals surface area contributed by atoms with E-state index in [1.165, 1.54) is 6.33 Å². The van der Waals surface area contributed by atoms with Crippen LogP contribution in [0.2, 0.25) is 5.02 Å². The van der Waals surface area contributed by atoms with Crippen LogP contribution in [-0.2, 0) is 0 Å². The third kappa shape index (κ3) is 2.83. The Bertz CT molecular complexity index is 441. The van der Waals surface area contributed by atoms with Crippen molar-refractivity contribution in [3.8, 4) is 0 Å². The summed E-state index contributed by atoms with van der Waals surface area (Å²) in [7, 11) is 0. The molecule has 1 fully saturated rings. The number of piperidine rings is 1. The zero-order chi connectivity index (χ0) is 12.4. The summed E-state index contributed by atoms with van der Waals surface area (Å²) < 4.78 is 0. The van der Waals surface area contributed by atoms with Gasteiger partial charge in [-0.05, 0) is 18.8 Å². The minimum absolute atomic E-state index is 0.192. The summed E-state index contributed by atoms with van der Waals surface area (Å²) in [5.41, 5.74) is -0.271. The third-order valence-corrected chi connectivity index (χ3v) is 4.36. The number of nitrogens with one attached hydrogen (secondary N) is 1.